The fourth-order valence-corrected chi connectivity index (χ4v) is 2.64. The van der Waals surface area contributed by atoms with Crippen LogP contribution in [0.2, 0.25) is 0 Å². The Bertz CT molecular complexity index is 524. The molecule has 0 saturated carbocycles. The highest BCUT2D eigenvalue weighted by Crippen LogP contribution is 2.27. The van der Waals surface area contributed by atoms with E-state index in [0.717, 1.165) is 11.1 Å². The van der Waals surface area contributed by atoms with Crippen LogP contribution in [-0.2, 0) is 0 Å². The summed E-state index contributed by atoms with van der Waals surface area (Å²) in [6, 6.07) is 7.93. The molecule has 0 spiro atoms. The number of nitriles is 2. The van der Waals surface area contributed by atoms with Crippen LogP contribution in [0, 0.1) is 22.7 Å². The van der Waals surface area contributed by atoms with Crippen molar-refractivity contribution in [2.75, 3.05) is 0 Å². The Balaban J connectivity index is 2.61. The van der Waals surface area contributed by atoms with Crippen LogP contribution in [-0.4, -0.2) is 0 Å². The lowest BCUT2D eigenvalue weighted by Crippen LogP contribution is -1.85. The molecule has 4 heteroatoms. The second-order valence-electron chi connectivity index (χ2n) is 3.00. The number of nitrogens with zero attached hydrogens (tertiary/aromatic N) is 2. The molecule has 0 N–H and O–H groups in total. The minimum atomic E-state index is 0.446. The first-order chi connectivity index (χ1) is 7.86. The summed E-state index contributed by atoms with van der Waals surface area (Å²) < 4.78 is 0. The molecule has 2 rings (SSSR count). The third-order valence-electron chi connectivity index (χ3n) is 2.09. The van der Waals surface area contributed by atoms with Crippen LogP contribution in [0.4, 0.5) is 0 Å². The van der Waals surface area contributed by atoms with Crippen molar-refractivity contribution < 1.29 is 0 Å². The van der Waals surface area contributed by atoms with Crippen molar-refractivity contribution >= 4 is 33.8 Å². The van der Waals surface area contributed by atoms with E-state index in [1.165, 1.54) is 22.7 Å². The Kier molecular flexibility index (Phi) is 3.16. The maximum absolute atomic E-state index is 9.15. The van der Waals surface area contributed by atoms with Gasteiger partial charge in [-0.3, -0.25) is 0 Å². The maximum Gasteiger partial charge on any atom is 0.101 e. The van der Waals surface area contributed by atoms with E-state index in [2.05, 4.69) is 12.1 Å². The maximum atomic E-state index is 9.15. The van der Waals surface area contributed by atoms with Crippen LogP contribution in [0.25, 0.3) is 11.1 Å². The van der Waals surface area contributed by atoms with Gasteiger partial charge in [-0.25, -0.2) is 0 Å². The molecule has 76 valence electrons. The first-order valence-electron chi connectivity index (χ1n) is 4.46. The Morgan fingerprint density at radius 1 is 0.875 bits per heavy atom. The van der Waals surface area contributed by atoms with Crippen LogP contribution in [0.1, 0.15) is 11.1 Å². The van der Waals surface area contributed by atoms with E-state index < -0.39 is 0 Å². The van der Waals surface area contributed by atoms with Gasteiger partial charge in [0.2, 0.25) is 0 Å². The molecule has 2 nitrogen and oxygen atoms in total. The van der Waals surface area contributed by atoms with E-state index in [1.807, 2.05) is 33.7 Å². The zero-order valence-electron chi connectivity index (χ0n) is 8.18. The van der Waals surface area contributed by atoms with E-state index in [0.29, 0.717) is 11.1 Å². The average molecular weight is 242 g/mol. The number of rotatable bonds is 2. The number of allylic oxidation sites excluding steroid dienone is 2. The molecule has 16 heavy (non-hydrogen) atoms. The second kappa shape index (κ2) is 4.76. The molecule has 0 atom stereocenters. The van der Waals surface area contributed by atoms with E-state index in [9.17, 15) is 0 Å². The zero-order valence-corrected chi connectivity index (χ0v) is 9.81. The van der Waals surface area contributed by atoms with E-state index in [4.69, 9.17) is 10.5 Å². The van der Waals surface area contributed by atoms with Crippen LogP contribution < -0.4 is 0 Å². The van der Waals surface area contributed by atoms with Crippen molar-refractivity contribution in [2.45, 2.75) is 0 Å². The van der Waals surface area contributed by atoms with Gasteiger partial charge in [-0.1, -0.05) is 0 Å². The summed E-state index contributed by atoms with van der Waals surface area (Å²) in [7, 11) is 0. The minimum Gasteiger partial charge on any atom is -0.192 e. The normalized spacial score (nSPS) is 11.4. The number of thiophene rings is 2. The quantitative estimate of drug-likeness (QED) is 0.753. The third-order valence-corrected chi connectivity index (χ3v) is 3.46. The number of hydrogen-bond acceptors (Lipinski definition) is 4. The zero-order chi connectivity index (χ0) is 11.4. The lowest BCUT2D eigenvalue weighted by atomic mass is 10.0. The molecule has 0 aliphatic carbocycles. The summed E-state index contributed by atoms with van der Waals surface area (Å²) in [5, 5.41) is 25.8. The van der Waals surface area contributed by atoms with E-state index in [-0.39, 0.29) is 0 Å². The van der Waals surface area contributed by atoms with Crippen molar-refractivity contribution in [1.29, 1.82) is 10.5 Å². The molecule has 0 bridgehead atoms. The Labute approximate surface area is 101 Å². The summed E-state index contributed by atoms with van der Waals surface area (Å²) in [6.07, 6.45) is 0. The fraction of sp³-hybridized carbons (Fsp3) is 0. The van der Waals surface area contributed by atoms with Crippen LogP contribution in [0.15, 0.2) is 33.7 Å². The average Bonchev–Trinajstić information content (AvgIpc) is 2.97. The molecule has 0 aliphatic rings. The summed E-state index contributed by atoms with van der Waals surface area (Å²) in [6.45, 7) is 0. The van der Waals surface area contributed by atoms with Crippen molar-refractivity contribution in [3.8, 4) is 12.1 Å². The third kappa shape index (κ3) is 1.90. The highest BCUT2D eigenvalue weighted by Gasteiger charge is 2.11. The van der Waals surface area contributed by atoms with Gasteiger partial charge in [0.25, 0.3) is 0 Å². The second-order valence-corrected chi connectivity index (χ2v) is 4.56. The van der Waals surface area contributed by atoms with Crippen molar-refractivity contribution in [3.63, 3.8) is 0 Å². The van der Waals surface area contributed by atoms with Gasteiger partial charge >= 0.3 is 0 Å². The lowest BCUT2D eigenvalue weighted by molar-refractivity contribution is 1.51. The molecular formula is C12H6N2S2. The first kappa shape index (κ1) is 10.6. The lowest BCUT2D eigenvalue weighted by Gasteiger charge is -1.98. The van der Waals surface area contributed by atoms with Crippen molar-refractivity contribution in [3.05, 3.63) is 44.8 Å². The Hall–Kier alpha value is -1.88. The molecule has 0 saturated heterocycles. The molecule has 0 amide bonds. The standard InChI is InChI=1S/C12H6N2S2/c13-5-11(9-1-3-15-7-9)12(6-14)10-2-4-16-8-10/h1-4,7-8H/b12-11-. The Morgan fingerprint density at radius 3 is 1.56 bits per heavy atom. The largest absolute Gasteiger partial charge is 0.192 e. The molecule has 0 radical (unpaired) electrons. The topological polar surface area (TPSA) is 47.6 Å². The van der Waals surface area contributed by atoms with Crippen molar-refractivity contribution in [2.24, 2.45) is 0 Å². The summed E-state index contributed by atoms with van der Waals surface area (Å²) in [5.41, 5.74) is 2.52. The summed E-state index contributed by atoms with van der Waals surface area (Å²) in [5.74, 6) is 0. The van der Waals surface area contributed by atoms with Gasteiger partial charge in [-0.15, -0.1) is 0 Å². The fourth-order valence-electron chi connectivity index (χ4n) is 1.34. The summed E-state index contributed by atoms with van der Waals surface area (Å²) >= 11 is 3.03. The monoisotopic (exact) mass is 242 g/mol. The summed E-state index contributed by atoms with van der Waals surface area (Å²) in [4.78, 5) is 0. The first-order valence-corrected chi connectivity index (χ1v) is 6.35. The molecule has 2 heterocycles. The molecule has 0 fully saturated rings. The Morgan fingerprint density at radius 2 is 1.31 bits per heavy atom. The molecular weight excluding hydrogens is 236 g/mol. The van der Waals surface area contributed by atoms with Crippen molar-refractivity contribution in [1.82, 2.24) is 0 Å². The van der Waals surface area contributed by atoms with Gasteiger partial charge < -0.3 is 0 Å². The molecule has 0 aliphatic heterocycles. The molecule has 0 unspecified atom stereocenters. The molecule has 2 aromatic rings. The predicted molar refractivity (Wildman–Crippen MR) is 66.7 cm³/mol. The van der Waals surface area contributed by atoms with Gasteiger partial charge in [0.1, 0.15) is 12.1 Å². The van der Waals surface area contributed by atoms with Crippen LogP contribution >= 0.6 is 22.7 Å². The van der Waals surface area contributed by atoms with Crippen LogP contribution in [0.3, 0.4) is 0 Å². The van der Waals surface area contributed by atoms with Gasteiger partial charge in [-0.05, 0) is 33.7 Å². The van der Waals surface area contributed by atoms with Gasteiger partial charge in [-0.2, -0.15) is 33.2 Å². The minimum absolute atomic E-state index is 0.446. The van der Waals surface area contributed by atoms with Gasteiger partial charge in [0.15, 0.2) is 0 Å². The SMILES string of the molecule is N#C/C(=C(\C#N)c1ccsc1)c1ccsc1. The highest BCUT2D eigenvalue weighted by molar-refractivity contribution is 7.08. The molecule has 2 aromatic heterocycles. The van der Waals surface area contributed by atoms with E-state index >= 15 is 0 Å². The predicted octanol–water partition coefficient (Wildman–Crippen LogP) is 3.77. The van der Waals surface area contributed by atoms with E-state index in [1.54, 1.807) is 0 Å². The van der Waals surface area contributed by atoms with Gasteiger partial charge in [0.05, 0.1) is 11.1 Å². The van der Waals surface area contributed by atoms with Gasteiger partial charge in [0, 0.05) is 11.1 Å². The smallest absolute Gasteiger partial charge is 0.101 e. The highest BCUT2D eigenvalue weighted by atomic mass is 32.1. The number of hydrogen-bond donors (Lipinski definition) is 0. The van der Waals surface area contributed by atoms with Crippen LogP contribution in [0.5, 0.6) is 0 Å². The molecule has 0 aromatic carbocycles.